The summed E-state index contributed by atoms with van der Waals surface area (Å²) in [5.74, 6) is 0.742. The van der Waals surface area contributed by atoms with Gasteiger partial charge in [0.05, 0.1) is 12.2 Å². The number of nitrogens with one attached hydrogen (secondary N) is 2. The van der Waals surface area contributed by atoms with E-state index in [0.29, 0.717) is 12.2 Å². The van der Waals surface area contributed by atoms with Crippen molar-refractivity contribution in [1.82, 2.24) is 5.32 Å². The number of para-hydroxylation sites is 1. The van der Waals surface area contributed by atoms with Gasteiger partial charge in [-0.3, -0.25) is 4.79 Å². The molecule has 1 heterocycles. The van der Waals surface area contributed by atoms with Crippen molar-refractivity contribution in [2.45, 2.75) is 13.1 Å². The minimum absolute atomic E-state index is 0.0637. The summed E-state index contributed by atoms with van der Waals surface area (Å²) in [5, 5.41) is 6.28. The maximum absolute atomic E-state index is 12.1. The predicted molar refractivity (Wildman–Crippen MR) is 77.9 cm³/mol. The lowest BCUT2D eigenvalue weighted by Gasteiger charge is -2.28. The smallest absolute Gasteiger partial charge is 0.255 e. The van der Waals surface area contributed by atoms with E-state index in [1.54, 1.807) is 0 Å². The number of anilines is 1. The third kappa shape index (κ3) is 2.32. The second-order valence-electron chi connectivity index (χ2n) is 4.60. The first kappa shape index (κ1) is 12.5. The van der Waals surface area contributed by atoms with E-state index in [0.717, 1.165) is 17.0 Å². The van der Waals surface area contributed by atoms with Crippen molar-refractivity contribution in [2.75, 3.05) is 11.9 Å². The fourth-order valence-electron chi connectivity index (χ4n) is 2.32. The van der Waals surface area contributed by atoms with Crippen LogP contribution in [0.4, 0.5) is 5.69 Å². The molecule has 1 atom stereocenters. The fourth-order valence-corrected chi connectivity index (χ4v) is 2.32. The van der Waals surface area contributed by atoms with Gasteiger partial charge >= 0.3 is 0 Å². The van der Waals surface area contributed by atoms with Crippen molar-refractivity contribution in [1.29, 1.82) is 0 Å². The summed E-state index contributed by atoms with van der Waals surface area (Å²) in [6.45, 7) is 2.57. The number of amides is 1. The molecule has 2 N–H and O–H groups in total. The third-order valence-electron chi connectivity index (χ3n) is 3.25. The van der Waals surface area contributed by atoms with E-state index in [9.17, 15) is 4.79 Å². The highest BCUT2D eigenvalue weighted by molar-refractivity contribution is 6.01. The van der Waals surface area contributed by atoms with Crippen molar-refractivity contribution in [2.24, 2.45) is 0 Å². The maximum atomic E-state index is 12.1. The summed E-state index contributed by atoms with van der Waals surface area (Å²) in [6, 6.07) is 15.2. The molecule has 0 radical (unpaired) electrons. The molecule has 2 aromatic carbocycles. The van der Waals surface area contributed by atoms with Crippen LogP contribution in [0.25, 0.3) is 0 Å². The van der Waals surface area contributed by atoms with Crippen LogP contribution in [0.3, 0.4) is 0 Å². The van der Waals surface area contributed by atoms with Crippen LogP contribution in [0.15, 0.2) is 48.5 Å². The van der Waals surface area contributed by atoms with Crippen molar-refractivity contribution in [3.8, 4) is 5.75 Å². The van der Waals surface area contributed by atoms with Gasteiger partial charge in [-0.15, -0.1) is 0 Å². The van der Waals surface area contributed by atoms with Gasteiger partial charge in [-0.25, -0.2) is 0 Å². The highest BCUT2D eigenvalue weighted by Gasteiger charge is 2.24. The van der Waals surface area contributed by atoms with E-state index in [4.69, 9.17) is 4.74 Å². The molecule has 0 spiro atoms. The molecule has 0 saturated carbocycles. The summed E-state index contributed by atoms with van der Waals surface area (Å²) < 4.78 is 5.49. The van der Waals surface area contributed by atoms with E-state index < -0.39 is 0 Å². The van der Waals surface area contributed by atoms with Gasteiger partial charge in [-0.1, -0.05) is 24.3 Å². The van der Waals surface area contributed by atoms with Gasteiger partial charge in [0.15, 0.2) is 0 Å². The largest absolute Gasteiger partial charge is 0.494 e. The molecule has 1 aliphatic heterocycles. The molecule has 0 fully saturated rings. The minimum Gasteiger partial charge on any atom is -0.494 e. The second-order valence-corrected chi connectivity index (χ2v) is 4.60. The van der Waals surface area contributed by atoms with E-state index in [2.05, 4.69) is 10.6 Å². The average molecular weight is 268 g/mol. The van der Waals surface area contributed by atoms with Gasteiger partial charge in [0.25, 0.3) is 5.91 Å². The minimum atomic E-state index is -0.238. The highest BCUT2D eigenvalue weighted by Crippen LogP contribution is 2.27. The number of benzene rings is 2. The Labute approximate surface area is 117 Å². The molecule has 1 aliphatic rings. The van der Waals surface area contributed by atoms with Crippen LogP contribution in [0, 0.1) is 0 Å². The van der Waals surface area contributed by atoms with Gasteiger partial charge in [0.1, 0.15) is 11.9 Å². The molecule has 3 rings (SSSR count). The summed E-state index contributed by atoms with van der Waals surface area (Å²) in [7, 11) is 0. The van der Waals surface area contributed by atoms with Gasteiger partial charge < -0.3 is 15.4 Å². The first-order valence-electron chi connectivity index (χ1n) is 6.67. The molecule has 0 aliphatic carbocycles. The standard InChI is InChI=1S/C16H16N2O2/c1-2-20-12-7-5-6-11(10-12)15-17-14-9-4-3-8-13(14)16(19)18-15/h3-10,15,17H,2H2,1H3,(H,18,19). The third-order valence-corrected chi connectivity index (χ3v) is 3.25. The molecule has 1 amide bonds. The molecular weight excluding hydrogens is 252 g/mol. The van der Waals surface area contributed by atoms with Gasteiger partial charge in [-0.2, -0.15) is 0 Å². The molecule has 1 unspecified atom stereocenters. The highest BCUT2D eigenvalue weighted by atomic mass is 16.5. The van der Waals surface area contributed by atoms with Crippen LogP contribution in [-0.4, -0.2) is 12.5 Å². The first-order chi connectivity index (χ1) is 9.78. The number of ether oxygens (including phenoxy) is 1. The fraction of sp³-hybridized carbons (Fsp3) is 0.188. The molecule has 4 heteroatoms. The Kier molecular flexibility index (Phi) is 3.29. The van der Waals surface area contributed by atoms with Gasteiger partial charge in [0, 0.05) is 5.69 Å². The summed E-state index contributed by atoms with van der Waals surface area (Å²) in [5.41, 5.74) is 2.49. The van der Waals surface area contributed by atoms with Crippen molar-refractivity contribution in [3.05, 3.63) is 59.7 Å². The lowest BCUT2D eigenvalue weighted by atomic mass is 10.1. The van der Waals surface area contributed by atoms with Gasteiger partial charge in [0.2, 0.25) is 0 Å². The summed E-state index contributed by atoms with van der Waals surface area (Å²) in [4.78, 5) is 12.1. The summed E-state index contributed by atoms with van der Waals surface area (Å²) in [6.07, 6.45) is -0.238. The Morgan fingerprint density at radius 3 is 2.80 bits per heavy atom. The molecule has 0 saturated heterocycles. The van der Waals surface area contributed by atoms with Crippen LogP contribution < -0.4 is 15.4 Å². The second kappa shape index (κ2) is 5.25. The number of carbonyl (C=O) groups excluding carboxylic acids is 1. The SMILES string of the molecule is CCOc1cccc(C2NC(=O)c3ccccc3N2)c1. The van der Waals surface area contributed by atoms with Crippen LogP contribution in [-0.2, 0) is 0 Å². The molecule has 4 nitrogen and oxygen atoms in total. The lowest BCUT2D eigenvalue weighted by molar-refractivity contribution is 0.0935. The van der Waals surface area contributed by atoms with Crippen LogP contribution >= 0.6 is 0 Å². The van der Waals surface area contributed by atoms with Crippen LogP contribution in [0.2, 0.25) is 0 Å². The Hall–Kier alpha value is -2.49. The zero-order valence-electron chi connectivity index (χ0n) is 11.2. The lowest BCUT2D eigenvalue weighted by Crippen LogP contribution is -2.38. The average Bonchev–Trinajstić information content (AvgIpc) is 2.48. The zero-order chi connectivity index (χ0) is 13.9. The Bertz CT molecular complexity index is 640. The Balaban J connectivity index is 1.89. The quantitative estimate of drug-likeness (QED) is 0.899. The number of rotatable bonds is 3. The van der Waals surface area contributed by atoms with E-state index >= 15 is 0 Å². The first-order valence-corrected chi connectivity index (χ1v) is 6.67. The van der Waals surface area contributed by atoms with E-state index in [1.807, 2.05) is 55.5 Å². The monoisotopic (exact) mass is 268 g/mol. The van der Waals surface area contributed by atoms with Crippen molar-refractivity contribution < 1.29 is 9.53 Å². The number of hydrogen-bond acceptors (Lipinski definition) is 3. The molecule has 0 aromatic heterocycles. The topological polar surface area (TPSA) is 50.4 Å². The van der Waals surface area contributed by atoms with Crippen LogP contribution in [0.5, 0.6) is 5.75 Å². The molecular formula is C16H16N2O2. The van der Waals surface area contributed by atoms with Gasteiger partial charge in [-0.05, 0) is 36.8 Å². The van der Waals surface area contributed by atoms with Crippen molar-refractivity contribution in [3.63, 3.8) is 0 Å². The number of fused-ring (bicyclic) bond motifs is 1. The normalized spacial score (nSPS) is 16.9. The van der Waals surface area contributed by atoms with E-state index in [-0.39, 0.29) is 12.1 Å². The molecule has 20 heavy (non-hydrogen) atoms. The zero-order valence-corrected chi connectivity index (χ0v) is 11.2. The van der Waals surface area contributed by atoms with Crippen molar-refractivity contribution >= 4 is 11.6 Å². The van der Waals surface area contributed by atoms with E-state index in [1.165, 1.54) is 0 Å². The number of hydrogen-bond donors (Lipinski definition) is 2. The predicted octanol–water partition coefficient (Wildman–Crippen LogP) is 2.94. The van der Waals surface area contributed by atoms with Crippen LogP contribution in [0.1, 0.15) is 29.0 Å². The molecule has 102 valence electrons. The summed E-state index contributed by atoms with van der Waals surface area (Å²) >= 11 is 0. The maximum Gasteiger partial charge on any atom is 0.255 e. The molecule has 0 bridgehead atoms. The Morgan fingerprint density at radius 2 is 1.95 bits per heavy atom. The Morgan fingerprint density at radius 1 is 1.10 bits per heavy atom. The number of carbonyl (C=O) groups is 1. The molecule has 2 aromatic rings.